The lowest BCUT2D eigenvalue weighted by atomic mass is 9.83. The first-order chi connectivity index (χ1) is 23.1. The summed E-state index contributed by atoms with van der Waals surface area (Å²) >= 11 is 0. The molecule has 11 heteroatoms. The van der Waals surface area contributed by atoms with Gasteiger partial charge in [0.1, 0.15) is 6.04 Å². The summed E-state index contributed by atoms with van der Waals surface area (Å²) in [6.07, 6.45) is 7.79. The van der Waals surface area contributed by atoms with Crippen molar-refractivity contribution in [2.45, 2.75) is 89.1 Å². The van der Waals surface area contributed by atoms with Crippen LogP contribution in [0.5, 0.6) is 0 Å². The molecular formula is C37H45N7O4. The number of aliphatic hydroxyl groups is 1. The Hall–Kier alpha value is -4.35. The number of nitrogens with one attached hydrogen (secondary N) is 2. The molecule has 4 aliphatic rings. The van der Waals surface area contributed by atoms with Gasteiger partial charge in [0.25, 0.3) is 5.91 Å². The van der Waals surface area contributed by atoms with Gasteiger partial charge < -0.3 is 20.2 Å². The fourth-order valence-electron chi connectivity index (χ4n) is 7.53. The molecule has 1 aromatic heterocycles. The van der Waals surface area contributed by atoms with E-state index in [9.17, 15) is 19.5 Å². The minimum Gasteiger partial charge on any atom is -0.385 e. The molecule has 0 spiro atoms. The number of imide groups is 1. The Morgan fingerprint density at radius 1 is 1.00 bits per heavy atom. The van der Waals surface area contributed by atoms with Crippen LogP contribution >= 0.6 is 0 Å². The van der Waals surface area contributed by atoms with E-state index in [4.69, 9.17) is 0 Å². The topological polar surface area (TPSA) is 131 Å². The second kappa shape index (κ2) is 13.3. The second-order valence-corrected chi connectivity index (χ2v) is 14.2. The number of anilines is 2. The maximum absolute atomic E-state index is 13.1. The number of likely N-dealkylation sites (tertiary alicyclic amines) is 1. The first kappa shape index (κ1) is 32.2. The third-order valence-electron chi connectivity index (χ3n) is 10.5. The zero-order valence-corrected chi connectivity index (χ0v) is 27.8. The molecule has 5 heterocycles. The maximum Gasteiger partial charge on any atom is 0.255 e. The number of fused-ring (bicyclic) bond motifs is 1. The van der Waals surface area contributed by atoms with Gasteiger partial charge in [-0.3, -0.25) is 24.6 Å². The van der Waals surface area contributed by atoms with Gasteiger partial charge in [0.2, 0.25) is 17.8 Å². The molecule has 1 unspecified atom stereocenters. The quantitative estimate of drug-likeness (QED) is 0.310. The van der Waals surface area contributed by atoms with E-state index in [2.05, 4.69) is 68.5 Å². The molecule has 0 radical (unpaired) electrons. The average Bonchev–Trinajstić information content (AvgIpc) is 3.41. The number of amides is 3. The van der Waals surface area contributed by atoms with Crippen molar-refractivity contribution in [3.63, 3.8) is 0 Å². The van der Waals surface area contributed by atoms with E-state index in [1.807, 2.05) is 24.5 Å². The highest BCUT2D eigenvalue weighted by molar-refractivity contribution is 6.05. The van der Waals surface area contributed by atoms with Crippen molar-refractivity contribution < 1.29 is 19.5 Å². The van der Waals surface area contributed by atoms with Crippen LogP contribution in [0.2, 0.25) is 0 Å². The van der Waals surface area contributed by atoms with Crippen molar-refractivity contribution in [3.8, 4) is 0 Å². The number of carbonyl (C=O) groups excluding carboxylic acids is 3. The molecule has 2 atom stereocenters. The number of hydrogen-bond donors (Lipinski definition) is 3. The van der Waals surface area contributed by atoms with Crippen molar-refractivity contribution in [2.24, 2.45) is 0 Å². The molecule has 11 nitrogen and oxygen atoms in total. The van der Waals surface area contributed by atoms with Gasteiger partial charge in [0, 0.05) is 75.4 Å². The molecule has 2 aromatic carbocycles. The van der Waals surface area contributed by atoms with Crippen LogP contribution in [0.15, 0.2) is 54.9 Å². The molecule has 3 saturated heterocycles. The molecule has 3 fully saturated rings. The molecule has 0 aliphatic carbocycles. The highest BCUT2D eigenvalue weighted by Gasteiger charge is 2.41. The summed E-state index contributed by atoms with van der Waals surface area (Å²) in [5.41, 5.74) is 4.85. The molecule has 7 rings (SSSR count). The van der Waals surface area contributed by atoms with Crippen molar-refractivity contribution in [1.29, 1.82) is 0 Å². The molecule has 3 N–H and O–H groups in total. The number of carbonyl (C=O) groups is 3. The summed E-state index contributed by atoms with van der Waals surface area (Å²) in [5.74, 6) is 0.195. The molecule has 0 bridgehead atoms. The molecule has 0 saturated carbocycles. The van der Waals surface area contributed by atoms with Gasteiger partial charge in [0.15, 0.2) is 0 Å². The van der Waals surface area contributed by atoms with Gasteiger partial charge in [-0.15, -0.1) is 0 Å². The average molecular weight is 652 g/mol. The Bertz CT molecular complexity index is 1670. The zero-order chi connectivity index (χ0) is 33.4. The Kier molecular flexibility index (Phi) is 8.91. The third kappa shape index (κ3) is 6.66. The smallest absolute Gasteiger partial charge is 0.255 e. The van der Waals surface area contributed by atoms with E-state index in [1.54, 1.807) is 11.0 Å². The van der Waals surface area contributed by atoms with E-state index in [-0.39, 0.29) is 18.2 Å². The lowest BCUT2D eigenvalue weighted by Crippen LogP contribution is -2.52. The molecule has 3 aromatic rings. The summed E-state index contributed by atoms with van der Waals surface area (Å²) < 4.78 is 0. The standard InChI is InChI=1S/C37H45N7O4/c1-24(2)27-19-38-36(39-20-27)40-29-4-3-15-43(23-29)30-8-5-25(6-9-30)21-42-16-13-37(48,14-17-42)28-7-10-31-26(18-28)22-44(35(31)47)32-11-12-33(45)41-34(32)46/h5-10,18-20,24,29,32,48H,3-4,11-17,21-23H2,1-2H3,(H,38,39,40)(H,41,45,46)/t29-,32?/m0/s1. The Morgan fingerprint density at radius 3 is 2.46 bits per heavy atom. The Balaban J connectivity index is 0.917. The highest BCUT2D eigenvalue weighted by Crippen LogP contribution is 2.37. The SMILES string of the molecule is CC(C)c1cnc(N[C@H]2CCCN(c3ccc(CN4CCC(O)(c5ccc6c(c5)CN(C5CCC(=O)NC5=O)C6=O)CC4)cc3)C2)nc1. The third-order valence-corrected chi connectivity index (χ3v) is 10.5. The van der Waals surface area contributed by atoms with Crippen molar-refractivity contribution in [1.82, 2.24) is 25.1 Å². The highest BCUT2D eigenvalue weighted by atomic mass is 16.3. The van der Waals surface area contributed by atoms with Gasteiger partial charge >= 0.3 is 0 Å². The van der Waals surface area contributed by atoms with Crippen LogP contribution in [0.3, 0.4) is 0 Å². The van der Waals surface area contributed by atoms with Crippen LogP contribution in [0.1, 0.15) is 90.9 Å². The summed E-state index contributed by atoms with van der Waals surface area (Å²) in [5, 5.41) is 17.6. The largest absolute Gasteiger partial charge is 0.385 e. The maximum atomic E-state index is 13.1. The van der Waals surface area contributed by atoms with E-state index >= 15 is 0 Å². The number of benzene rings is 2. The lowest BCUT2D eigenvalue weighted by molar-refractivity contribution is -0.136. The summed E-state index contributed by atoms with van der Waals surface area (Å²) in [7, 11) is 0. The van der Waals surface area contributed by atoms with Crippen molar-refractivity contribution in [3.05, 3.63) is 82.7 Å². The second-order valence-electron chi connectivity index (χ2n) is 14.2. The van der Waals surface area contributed by atoms with Crippen molar-refractivity contribution >= 4 is 29.4 Å². The fraction of sp³-hybridized carbons (Fsp3) is 0.486. The van der Waals surface area contributed by atoms with E-state index in [0.29, 0.717) is 49.3 Å². The number of rotatable bonds is 8. The van der Waals surface area contributed by atoms with Gasteiger partial charge in [-0.2, -0.15) is 0 Å². The van der Waals surface area contributed by atoms with Gasteiger partial charge in [-0.25, -0.2) is 9.97 Å². The fourth-order valence-corrected chi connectivity index (χ4v) is 7.53. The van der Waals surface area contributed by atoms with E-state index in [0.717, 1.165) is 62.3 Å². The number of aromatic nitrogens is 2. The number of nitrogens with zero attached hydrogens (tertiary/aromatic N) is 5. The molecule has 252 valence electrons. The van der Waals surface area contributed by atoms with Crippen LogP contribution in [-0.2, 0) is 28.3 Å². The minimum absolute atomic E-state index is 0.197. The van der Waals surface area contributed by atoms with Crippen LogP contribution in [0.4, 0.5) is 11.6 Å². The summed E-state index contributed by atoms with van der Waals surface area (Å²) in [6.45, 7) is 8.88. The first-order valence-corrected chi connectivity index (χ1v) is 17.3. The summed E-state index contributed by atoms with van der Waals surface area (Å²) in [4.78, 5) is 52.5. The minimum atomic E-state index is -0.971. The van der Waals surface area contributed by atoms with Gasteiger partial charge in [-0.05, 0) is 78.5 Å². The van der Waals surface area contributed by atoms with Gasteiger partial charge in [-0.1, -0.05) is 38.1 Å². The van der Waals surface area contributed by atoms with Crippen LogP contribution < -0.4 is 15.5 Å². The monoisotopic (exact) mass is 651 g/mol. The van der Waals surface area contributed by atoms with E-state index < -0.39 is 17.6 Å². The normalized spacial score (nSPS) is 23.0. The van der Waals surface area contributed by atoms with Crippen LogP contribution in [0, 0.1) is 0 Å². The van der Waals surface area contributed by atoms with Crippen LogP contribution in [-0.4, -0.2) is 80.9 Å². The van der Waals surface area contributed by atoms with Crippen molar-refractivity contribution in [2.75, 3.05) is 36.4 Å². The predicted octanol–water partition coefficient (Wildman–Crippen LogP) is 3.93. The Labute approximate surface area is 281 Å². The van der Waals surface area contributed by atoms with Crippen LogP contribution in [0.25, 0.3) is 0 Å². The Morgan fingerprint density at radius 2 is 1.75 bits per heavy atom. The molecule has 4 aliphatic heterocycles. The zero-order valence-electron chi connectivity index (χ0n) is 27.8. The molecule has 3 amide bonds. The summed E-state index contributed by atoms with van der Waals surface area (Å²) in [6, 6.07) is 14.1. The van der Waals surface area contributed by atoms with Gasteiger partial charge in [0.05, 0.1) is 5.60 Å². The molecular weight excluding hydrogens is 606 g/mol. The first-order valence-electron chi connectivity index (χ1n) is 17.3. The number of piperidine rings is 3. The number of hydrogen-bond acceptors (Lipinski definition) is 9. The predicted molar refractivity (Wildman–Crippen MR) is 182 cm³/mol. The lowest BCUT2D eigenvalue weighted by Gasteiger charge is -2.39. The molecule has 48 heavy (non-hydrogen) atoms. The van der Waals surface area contributed by atoms with E-state index in [1.165, 1.54) is 11.3 Å².